The van der Waals surface area contributed by atoms with Gasteiger partial charge >= 0.3 is 11.8 Å². The lowest BCUT2D eigenvalue weighted by Crippen LogP contribution is -2.01. The molecule has 1 aromatic heterocycles. The van der Waals surface area contributed by atoms with Crippen molar-refractivity contribution in [2.75, 3.05) is 14.2 Å². The molecule has 0 aliphatic rings. The molecule has 1 aromatic rings. The van der Waals surface area contributed by atoms with E-state index in [0.29, 0.717) is 0 Å². The Morgan fingerprint density at radius 2 is 2.31 bits per heavy atom. The first-order chi connectivity index (χ1) is 6.19. The summed E-state index contributed by atoms with van der Waals surface area (Å²) in [5.41, 5.74) is 0.0930. The zero-order valence-electron chi connectivity index (χ0n) is 7.10. The molecule has 0 radical (unpaired) electrons. The van der Waals surface area contributed by atoms with Gasteiger partial charge in [0.15, 0.2) is 10.6 Å². The fourth-order valence-corrected chi connectivity index (χ4v) is 0.713. The Kier molecular flexibility index (Phi) is 2.58. The third-order valence-electron chi connectivity index (χ3n) is 1.32. The van der Waals surface area contributed by atoms with Crippen LogP contribution in [-0.4, -0.2) is 35.3 Å². The van der Waals surface area contributed by atoms with E-state index in [1.54, 1.807) is 0 Å². The van der Waals surface area contributed by atoms with E-state index in [-0.39, 0.29) is 16.4 Å². The number of rotatable bonds is 3. The number of H-pyrrole nitrogens is 1. The molecule has 1 rings (SSSR count). The molecule has 0 fully saturated rings. The van der Waals surface area contributed by atoms with E-state index in [4.69, 9.17) is 0 Å². The first kappa shape index (κ1) is 9.17. The van der Waals surface area contributed by atoms with Gasteiger partial charge in [0, 0.05) is 0 Å². The predicted octanol–water partition coefficient (Wildman–Crippen LogP) is 0.168. The lowest BCUT2D eigenvalue weighted by Gasteiger charge is -1.88. The normalized spacial score (nSPS) is 9.38. The van der Waals surface area contributed by atoms with Crippen LogP contribution in [0.5, 0.6) is 0 Å². The van der Waals surface area contributed by atoms with E-state index >= 15 is 0 Å². The molecular formula is C6H8N3O4+. The molecule has 1 heterocycles. The largest absolute Gasteiger partial charge is 0.464 e. The number of ether oxygens (including phenoxy) is 1. The van der Waals surface area contributed by atoms with Crippen molar-refractivity contribution in [1.82, 2.24) is 10.2 Å². The highest BCUT2D eigenvalue weighted by molar-refractivity contribution is 5.87. The van der Waals surface area contributed by atoms with E-state index in [2.05, 4.69) is 19.8 Å². The van der Waals surface area contributed by atoms with E-state index in [1.807, 2.05) is 0 Å². The van der Waals surface area contributed by atoms with Gasteiger partial charge in [-0.1, -0.05) is 0 Å². The number of aromatic amines is 1. The maximum atomic E-state index is 10.9. The maximum Gasteiger partial charge on any atom is 0.434 e. The number of hydrogen-bond donors (Lipinski definition) is 1. The van der Waals surface area contributed by atoms with Gasteiger partial charge in [0.2, 0.25) is 0 Å². The molecule has 0 bridgehead atoms. The van der Waals surface area contributed by atoms with Crippen LogP contribution < -0.4 is 0 Å². The van der Waals surface area contributed by atoms with Crippen molar-refractivity contribution in [2.24, 2.45) is 0 Å². The van der Waals surface area contributed by atoms with Crippen LogP contribution in [0.1, 0.15) is 10.5 Å². The van der Waals surface area contributed by atoms with E-state index < -0.39 is 5.97 Å². The average Bonchev–Trinajstić information content (AvgIpc) is 2.64. The Morgan fingerprint density at radius 3 is 2.85 bits per heavy atom. The van der Waals surface area contributed by atoms with Gasteiger partial charge < -0.3 is 9.57 Å². The predicted molar refractivity (Wildman–Crippen MR) is 40.2 cm³/mol. The zero-order chi connectivity index (χ0) is 9.84. The van der Waals surface area contributed by atoms with Crippen molar-refractivity contribution in [3.63, 3.8) is 0 Å². The highest BCUT2D eigenvalue weighted by Crippen LogP contribution is 2.09. The number of nitrogens with zero attached hydrogens (tertiary/aromatic N) is 2. The second-order valence-electron chi connectivity index (χ2n) is 2.07. The second-order valence-corrected chi connectivity index (χ2v) is 2.07. The van der Waals surface area contributed by atoms with Gasteiger partial charge in [-0.3, -0.25) is 0 Å². The highest BCUT2D eigenvalue weighted by Gasteiger charge is 2.21. The fourth-order valence-electron chi connectivity index (χ4n) is 0.713. The summed E-state index contributed by atoms with van der Waals surface area (Å²) in [6.45, 7) is 0. The third kappa shape index (κ3) is 1.81. The quantitative estimate of drug-likeness (QED) is 0.537. The van der Waals surface area contributed by atoms with Crippen molar-refractivity contribution in [2.45, 2.75) is 0 Å². The van der Waals surface area contributed by atoms with Crippen LogP contribution >= 0.6 is 0 Å². The van der Waals surface area contributed by atoms with Crippen LogP contribution in [0, 0.1) is 4.91 Å². The van der Waals surface area contributed by atoms with Crippen LogP contribution in [0.15, 0.2) is 6.07 Å². The molecule has 0 aliphatic heterocycles. The molecule has 7 nitrogen and oxygen atoms in total. The molecule has 0 aromatic carbocycles. The number of hydrogen-bond acceptors (Lipinski definition) is 5. The number of methoxy groups -OCH3 is 1. The molecule has 7 heteroatoms. The number of carbonyl (C=O) groups is 1. The summed E-state index contributed by atoms with van der Waals surface area (Å²) in [5.74, 6) is -0.633. The van der Waals surface area contributed by atoms with Crippen molar-refractivity contribution >= 4 is 11.8 Å². The van der Waals surface area contributed by atoms with E-state index in [0.717, 1.165) is 0 Å². The maximum absolute atomic E-state index is 10.9. The summed E-state index contributed by atoms with van der Waals surface area (Å²) in [5, 5.41) is 5.84. The molecule has 0 saturated heterocycles. The van der Waals surface area contributed by atoms with Gasteiger partial charge in [0.1, 0.15) is 7.11 Å². The minimum atomic E-state index is -0.594. The van der Waals surface area contributed by atoms with E-state index in [9.17, 15) is 9.70 Å². The van der Waals surface area contributed by atoms with Gasteiger partial charge in [-0.05, 0) is 4.91 Å². The van der Waals surface area contributed by atoms with Crippen LogP contribution in [0.25, 0.3) is 0 Å². The summed E-state index contributed by atoms with van der Waals surface area (Å²) in [7, 11) is 2.42. The fraction of sp³-hybridized carbons (Fsp3) is 0.333. The molecule has 70 valence electrons. The Labute approximate surface area is 73.2 Å². The summed E-state index contributed by atoms with van der Waals surface area (Å²) >= 11 is 0. The Morgan fingerprint density at radius 1 is 1.62 bits per heavy atom. The van der Waals surface area contributed by atoms with Crippen molar-refractivity contribution in [3.05, 3.63) is 16.7 Å². The van der Waals surface area contributed by atoms with Gasteiger partial charge in [-0.15, -0.1) is 0 Å². The molecule has 0 spiro atoms. The van der Waals surface area contributed by atoms with Gasteiger partial charge in [0.05, 0.1) is 18.3 Å². The van der Waals surface area contributed by atoms with Crippen LogP contribution in [0.4, 0.5) is 5.82 Å². The third-order valence-corrected chi connectivity index (χ3v) is 1.32. The van der Waals surface area contributed by atoms with E-state index in [1.165, 1.54) is 20.3 Å². The van der Waals surface area contributed by atoms with Gasteiger partial charge in [-0.25, -0.2) is 4.79 Å². The lowest BCUT2D eigenvalue weighted by atomic mass is 10.4. The van der Waals surface area contributed by atoms with Crippen LogP contribution in [-0.2, 0) is 9.57 Å². The topological polar surface area (TPSA) is 84.3 Å². The molecule has 0 saturated carbocycles. The SMILES string of the molecule is COC(=O)c1cc([N+](=O)OC)n[nH]1. The minimum Gasteiger partial charge on any atom is -0.464 e. The summed E-state index contributed by atoms with van der Waals surface area (Å²) in [4.78, 5) is 26.2. The minimum absolute atomic E-state index is 0.0390. The highest BCUT2D eigenvalue weighted by atomic mass is 16.8. The van der Waals surface area contributed by atoms with Crippen molar-refractivity contribution in [3.8, 4) is 0 Å². The molecule has 0 atom stereocenters. The smallest absolute Gasteiger partial charge is 0.434 e. The zero-order valence-corrected chi connectivity index (χ0v) is 7.10. The van der Waals surface area contributed by atoms with Crippen molar-refractivity contribution < 1.29 is 19.3 Å². The van der Waals surface area contributed by atoms with Gasteiger partial charge in [-0.2, -0.15) is 5.10 Å². The number of esters is 1. The summed E-state index contributed by atoms with van der Waals surface area (Å²) in [6.07, 6.45) is 0. The second kappa shape index (κ2) is 3.65. The monoisotopic (exact) mass is 186 g/mol. The van der Waals surface area contributed by atoms with Crippen LogP contribution in [0.3, 0.4) is 0 Å². The first-order valence-electron chi connectivity index (χ1n) is 3.34. The molecule has 0 amide bonds. The molecular weight excluding hydrogens is 178 g/mol. The Bertz CT molecular complexity index is 302. The first-order valence-corrected chi connectivity index (χ1v) is 3.34. The molecule has 1 N–H and O–H groups in total. The number of aromatic nitrogens is 2. The molecule has 0 aliphatic carbocycles. The molecule has 0 unspecified atom stereocenters. The number of nitrogens with one attached hydrogen (secondary N) is 1. The Balaban J connectivity index is 2.86. The summed E-state index contributed by atoms with van der Waals surface area (Å²) in [6, 6.07) is 1.22. The Hall–Kier alpha value is -1.92. The standard InChI is InChI=1S/C6H7N3O4/c1-12-6(10)4-3-5(8-7-4)9(11)13-2/h3H,1-2H3/p+1. The van der Waals surface area contributed by atoms with Gasteiger partial charge in [0.25, 0.3) is 0 Å². The molecule has 13 heavy (non-hydrogen) atoms. The summed E-state index contributed by atoms with van der Waals surface area (Å²) < 4.78 is 4.39. The van der Waals surface area contributed by atoms with Crippen molar-refractivity contribution in [1.29, 1.82) is 0 Å². The average molecular weight is 186 g/mol. The number of carbonyl (C=O) groups excluding carboxylic acids is 1. The lowest BCUT2D eigenvalue weighted by molar-refractivity contribution is -0.739. The van der Waals surface area contributed by atoms with Crippen LogP contribution in [0.2, 0.25) is 0 Å².